The number of likely N-dealkylation sites (tertiary alicyclic amines) is 2. The predicted octanol–water partition coefficient (Wildman–Crippen LogP) is 4.48. The van der Waals surface area contributed by atoms with Gasteiger partial charge in [-0.05, 0) is 67.3 Å². The first kappa shape index (κ1) is 42.5. The Bertz CT molecular complexity index is 2070. The Hall–Kier alpha value is -5.24. The number of benzene rings is 2. The second-order valence-corrected chi connectivity index (χ2v) is 18.8. The summed E-state index contributed by atoms with van der Waals surface area (Å²) < 4.78 is 13.1. The van der Waals surface area contributed by atoms with E-state index in [1.54, 1.807) is 39.0 Å². The minimum atomic E-state index is -0.940. The molecule has 2 saturated carbocycles. The Morgan fingerprint density at radius 1 is 0.836 bits per heavy atom. The van der Waals surface area contributed by atoms with Crippen LogP contribution < -0.4 is 10.2 Å². The summed E-state index contributed by atoms with van der Waals surface area (Å²) in [4.78, 5) is 76.6. The third-order valence-electron chi connectivity index (χ3n) is 14.1. The van der Waals surface area contributed by atoms with E-state index in [4.69, 9.17) is 9.47 Å². The van der Waals surface area contributed by atoms with Gasteiger partial charge in [0.1, 0.15) is 6.04 Å². The van der Waals surface area contributed by atoms with Gasteiger partial charge in [0.25, 0.3) is 5.91 Å². The molecule has 3 aliphatic heterocycles. The monoisotopic (exact) mass is 835 g/mol. The Balaban J connectivity index is 0.984. The molecule has 14 nitrogen and oxygen atoms in total. The SMILES string of the molecule is COC(=O)c1ccc(N2CCN(C(=O)[C@@H](NC(=O)[C@@H]3CN(C(=O)c4cnn(Cc5ccccc5)c4)CC34CN(C(=O)[C@H]3CC3(C)C)C4)[C@@H](C)OCC3CCCCC3)CC2)cc1. The van der Waals surface area contributed by atoms with Crippen LogP contribution in [0.4, 0.5) is 5.69 Å². The third-order valence-corrected chi connectivity index (χ3v) is 14.1. The van der Waals surface area contributed by atoms with E-state index in [2.05, 4.69) is 29.2 Å². The van der Waals surface area contributed by atoms with E-state index in [-0.39, 0.29) is 41.5 Å². The maximum Gasteiger partial charge on any atom is 0.337 e. The number of anilines is 1. The van der Waals surface area contributed by atoms with Crippen molar-refractivity contribution in [3.63, 3.8) is 0 Å². The zero-order valence-electron chi connectivity index (χ0n) is 36.1. The smallest absolute Gasteiger partial charge is 0.337 e. The number of piperazine rings is 1. The fraction of sp³-hybridized carbons (Fsp3) is 0.574. The molecule has 14 heteroatoms. The van der Waals surface area contributed by atoms with E-state index < -0.39 is 29.4 Å². The molecule has 4 atom stereocenters. The van der Waals surface area contributed by atoms with E-state index >= 15 is 0 Å². The van der Waals surface area contributed by atoms with Gasteiger partial charge in [0, 0.05) is 82.2 Å². The van der Waals surface area contributed by atoms with Crippen molar-refractivity contribution in [1.29, 1.82) is 0 Å². The molecule has 0 radical (unpaired) electrons. The van der Waals surface area contributed by atoms with Gasteiger partial charge in [-0.15, -0.1) is 0 Å². The van der Waals surface area contributed by atoms with Gasteiger partial charge in [-0.25, -0.2) is 4.79 Å². The van der Waals surface area contributed by atoms with Crippen molar-refractivity contribution in [3.05, 3.63) is 83.7 Å². The largest absolute Gasteiger partial charge is 0.465 e. The maximum absolute atomic E-state index is 14.8. The summed E-state index contributed by atoms with van der Waals surface area (Å²) in [5.74, 6) is -1.25. The maximum atomic E-state index is 14.8. The summed E-state index contributed by atoms with van der Waals surface area (Å²) in [6.45, 7) is 10.4. The number of methoxy groups -OCH3 is 1. The molecule has 4 amide bonds. The molecule has 5 fully saturated rings. The fourth-order valence-electron chi connectivity index (χ4n) is 9.98. The number of esters is 1. The second kappa shape index (κ2) is 17.6. The van der Waals surface area contributed by atoms with Gasteiger partial charge in [0.2, 0.25) is 17.7 Å². The van der Waals surface area contributed by atoms with Crippen molar-refractivity contribution < 1.29 is 33.4 Å². The van der Waals surface area contributed by atoms with Crippen LogP contribution in [-0.2, 0) is 30.4 Å². The van der Waals surface area contributed by atoms with Crippen LogP contribution >= 0.6 is 0 Å². The molecule has 0 bridgehead atoms. The van der Waals surface area contributed by atoms with Crippen LogP contribution in [0, 0.1) is 28.6 Å². The molecule has 326 valence electrons. The Kier molecular flexibility index (Phi) is 12.3. The van der Waals surface area contributed by atoms with Gasteiger partial charge < -0.3 is 34.4 Å². The summed E-state index contributed by atoms with van der Waals surface area (Å²) >= 11 is 0. The van der Waals surface area contributed by atoms with Gasteiger partial charge >= 0.3 is 5.97 Å². The van der Waals surface area contributed by atoms with Crippen LogP contribution in [0.3, 0.4) is 0 Å². The normalized spacial score (nSPS) is 23.0. The van der Waals surface area contributed by atoms with E-state index in [1.807, 2.05) is 54.3 Å². The topological polar surface area (TPSA) is 147 Å². The van der Waals surface area contributed by atoms with Gasteiger partial charge in [-0.1, -0.05) is 63.4 Å². The van der Waals surface area contributed by atoms with Crippen LogP contribution in [0.5, 0.6) is 0 Å². The third kappa shape index (κ3) is 9.19. The molecule has 1 spiro atoms. The number of ether oxygens (including phenoxy) is 2. The highest BCUT2D eigenvalue weighted by Crippen LogP contribution is 2.54. The molecular weight excluding hydrogens is 775 g/mol. The van der Waals surface area contributed by atoms with Crippen molar-refractivity contribution in [2.24, 2.45) is 28.6 Å². The number of hydrogen-bond donors (Lipinski definition) is 1. The Labute approximate surface area is 358 Å². The number of hydrogen-bond acceptors (Lipinski definition) is 9. The van der Waals surface area contributed by atoms with E-state index in [0.717, 1.165) is 30.5 Å². The summed E-state index contributed by atoms with van der Waals surface area (Å²) in [7, 11) is 1.36. The highest BCUT2D eigenvalue weighted by Gasteiger charge is 2.62. The lowest BCUT2D eigenvalue weighted by Crippen LogP contribution is -2.66. The second-order valence-electron chi connectivity index (χ2n) is 18.8. The van der Waals surface area contributed by atoms with Crippen molar-refractivity contribution >= 4 is 35.3 Å². The number of aromatic nitrogens is 2. The van der Waals surface area contributed by atoms with Crippen LogP contribution in [0.1, 0.15) is 85.6 Å². The van der Waals surface area contributed by atoms with Gasteiger partial charge in [-0.3, -0.25) is 23.9 Å². The highest BCUT2D eigenvalue weighted by atomic mass is 16.5. The lowest BCUT2D eigenvalue weighted by molar-refractivity contribution is -0.153. The van der Waals surface area contributed by atoms with Crippen LogP contribution in [-0.4, -0.2) is 132 Å². The Morgan fingerprint density at radius 2 is 1.51 bits per heavy atom. The average molecular weight is 836 g/mol. The number of rotatable bonds is 13. The van der Waals surface area contributed by atoms with Crippen molar-refractivity contribution in [2.75, 3.05) is 71.0 Å². The van der Waals surface area contributed by atoms with E-state index in [9.17, 15) is 24.0 Å². The lowest BCUT2D eigenvalue weighted by Gasteiger charge is -2.50. The van der Waals surface area contributed by atoms with Crippen molar-refractivity contribution in [1.82, 2.24) is 29.8 Å². The van der Waals surface area contributed by atoms with Crippen LogP contribution in [0.25, 0.3) is 0 Å². The van der Waals surface area contributed by atoms with Gasteiger partial charge in [0.05, 0.1) is 43.0 Å². The summed E-state index contributed by atoms with van der Waals surface area (Å²) in [5.41, 5.74) is 2.24. The summed E-state index contributed by atoms with van der Waals surface area (Å²) in [5, 5.41) is 7.66. The standard InChI is InChI=1S/C47H61N7O7/c1-32(61-28-34-13-9-6-10-14-34)40(44(58)51-21-19-50(20-22-51)37-17-15-35(16-18-37)45(59)60-4)49-41(55)39-27-52(29-47(39)30-53(31-47)43(57)38-23-46(38,2)3)42(56)36-24-48-54(26-36)25-33-11-7-5-8-12-33/h5,7-8,11-12,15-18,24,26,32,34,38-40H,6,9-10,13-14,19-23,25,27-31H2,1-4H3,(H,49,55)/t32-,38-,39+,40+/m1/s1. The molecule has 1 aromatic heterocycles. The first-order valence-electron chi connectivity index (χ1n) is 22.1. The summed E-state index contributed by atoms with van der Waals surface area (Å²) in [6, 6.07) is 16.2. The van der Waals surface area contributed by atoms with Crippen molar-refractivity contribution in [2.45, 2.75) is 78.0 Å². The minimum Gasteiger partial charge on any atom is -0.465 e. The van der Waals surface area contributed by atoms with E-state index in [1.165, 1.54) is 26.4 Å². The van der Waals surface area contributed by atoms with Crippen molar-refractivity contribution in [3.8, 4) is 0 Å². The van der Waals surface area contributed by atoms with Gasteiger partial charge in [-0.2, -0.15) is 5.10 Å². The molecule has 3 aromatic rings. The average Bonchev–Trinajstić information content (AvgIpc) is 3.55. The first-order valence-corrected chi connectivity index (χ1v) is 22.1. The minimum absolute atomic E-state index is 0.0316. The molecule has 0 unspecified atom stereocenters. The number of nitrogens with zero attached hydrogens (tertiary/aromatic N) is 6. The van der Waals surface area contributed by atoms with Crippen LogP contribution in [0.2, 0.25) is 0 Å². The molecule has 4 heterocycles. The summed E-state index contributed by atoms with van der Waals surface area (Å²) in [6.07, 6.45) is 9.32. The number of carbonyl (C=O) groups excluding carboxylic acids is 5. The molecule has 61 heavy (non-hydrogen) atoms. The van der Waals surface area contributed by atoms with E-state index in [0.29, 0.717) is 76.0 Å². The number of nitrogens with one attached hydrogen (secondary N) is 1. The number of amides is 4. The molecule has 5 aliphatic rings. The zero-order chi connectivity index (χ0) is 42.9. The first-order chi connectivity index (χ1) is 29.3. The molecular formula is C47H61N7O7. The van der Waals surface area contributed by atoms with Gasteiger partial charge in [0.15, 0.2) is 0 Å². The molecule has 1 N–H and O–H groups in total. The zero-order valence-corrected chi connectivity index (χ0v) is 36.1. The predicted molar refractivity (Wildman–Crippen MR) is 229 cm³/mol. The molecule has 3 saturated heterocycles. The highest BCUT2D eigenvalue weighted by molar-refractivity contribution is 5.96. The Morgan fingerprint density at radius 3 is 2.16 bits per heavy atom. The lowest BCUT2D eigenvalue weighted by atomic mass is 9.70. The fourth-order valence-corrected chi connectivity index (χ4v) is 9.98. The van der Waals surface area contributed by atoms with Crippen LogP contribution in [0.15, 0.2) is 67.0 Å². The molecule has 2 aromatic carbocycles. The number of carbonyl (C=O) groups is 5. The quantitative estimate of drug-likeness (QED) is 0.247. The molecule has 8 rings (SSSR count). The molecule has 2 aliphatic carbocycles.